The highest BCUT2D eigenvalue weighted by Gasteiger charge is 2.04. The van der Waals surface area contributed by atoms with E-state index in [-0.39, 0.29) is 0 Å². The summed E-state index contributed by atoms with van der Waals surface area (Å²) in [7, 11) is 0. The predicted molar refractivity (Wildman–Crippen MR) is 81.4 cm³/mol. The zero-order valence-corrected chi connectivity index (χ0v) is 12.6. The molecule has 1 aromatic heterocycles. The van der Waals surface area contributed by atoms with Gasteiger partial charge in [-0.05, 0) is 32.4 Å². The highest BCUT2D eigenvalue weighted by molar-refractivity contribution is 5.34. The number of ether oxygens (including phenoxy) is 1. The van der Waals surface area contributed by atoms with Crippen molar-refractivity contribution < 1.29 is 4.74 Å². The van der Waals surface area contributed by atoms with Crippen molar-refractivity contribution in [2.75, 3.05) is 11.9 Å². The number of hydrogen-bond acceptors (Lipinski definition) is 3. The van der Waals surface area contributed by atoms with Gasteiger partial charge in [-0.2, -0.15) is 0 Å². The molecule has 1 N–H and O–H groups in total. The molecule has 0 spiro atoms. The average Bonchev–Trinajstić information content (AvgIpc) is 2.42. The SMILES string of the molecule is CCCCCCC(C)OCc1cccc(NCC)n1. The van der Waals surface area contributed by atoms with Gasteiger partial charge in [0.2, 0.25) is 0 Å². The summed E-state index contributed by atoms with van der Waals surface area (Å²) in [4.78, 5) is 4.51. The number of unbranched alkanes of at least 4 members (excludes halogenated alkanes) is 3. The van der Waals surface area contributed by atoms with E-state index in [2.05, 4.69) is 31.1 Å². The summed E-state index contributed by atoms with van der Waals surface area (Å²) in [6.07, 6.45) is 6.67. The van der Waals surface area contributed by atoms with Crippen LogP contribution < -0.4 is 5.32 Å². The molecule has 1 atom stereocenters. The van der Waals surface area contributed by atoms with E-state index < -0.39 is 0 Å². The molecule has 3 heteroatoms. The highest BCUT2D eigenvalue weighted by atomic mass is 16.5. The summed E-state index contributed by atoms with van der Waals surface area (Å²) < 4.78 is 5.85. The van der Waals surface area contributed by atoms with Gasteiger partial charge in [0.05, 0.1) is 18.4 Å². The Kier molecular flexibility index (Phi) is 8.23. The number of nitrogens with zero attached hydrogens (tertiary/aromatic N) is 1. The second-order valence-electron chi connectivity index (χ2n) is 5.02. The largest absolute Gasteiger partial charge is 0.372 e. The first-order valence-electron chi connectivity index (χ1n) is 7.57. The van der Waals surface area contributed by atoms with Crippen molar-refractivity contribution in [3.63, 3.8) is 0 Å². The lowest BCUT2D eigenvalue weighted by atomic mass is 10.1. The number of aromatic nitrogens is 1. The van der Waals surface area contributed by atoms with Crippen molar-refractivity contribution in [2.45, 2.75) is 65.6 Å². The van der Waals surface area contributed by atoms with Gasteiger partial charge in [-0.15, -0.1) is 0 Å². The van der Waals surface area contributed by atoms with Crippen molar-refractivity contribution in [1.29, 1.82) is 0 Å². The van der Waals surface area contributed by atoms with Crippen LogP contribution >= 0.6 is 0 Å². The maximum atomic E-state index is 5.85. The molecule has 108 valence electrons. The molecule has 0 saturated carbocycles. The van der Waals surface area contributed by atoms with E-state index >= 15 is 0 Å². The molecule has 0 aliphatic rings. The monoisotopic (exact) mass is 264 g/mol. The van der Waals surface area contributed by atoms with Crippen LogP contribution in [-0.4, -0.2) is 17.6 Å². The average molecular weight is 264 g/mol. The van der Waals surface area contributed by atoms with Gasteiger partial charge in [0.1, 0.15) is 5.82 Å². The minimum Gasteiger partial charge on any atom is -0.372 e. The topological polar surface area (TPSA) is 34.1 Å². The minimum atomic E-state index is 0.321. The van der Waals surface area contributed by atoms with Crippen LogP contribution in [0, 0.1) is 0 Å². The first-order valence-corrected chi connectivity index (χ1v) is 7.57. The second kappa shape index (κ2) is 9.79. The molecule has 0 aliphatic heterocycles. The molecule has 0 aromatic carbocycles. The zero-order chi connectivity index (χ0) is 13.9. The summed E-state index contributed by atoms with van der Waals surface area (Å²) in [5.74, 6) is 0.930. The molecular formula is C16H28N2O. The van der Waals surface area contributed by atoms with Crippen molar-refractivity contribution in [3.05, 3.63) is 23.9 Å². The lowest BCUT2D eigenvalue weighted by Crippen LogP contribution is -2.09. The van der Waals surface area contributed by atoms with E-state index in [1.165, 1.54) is 25.7 Å². The minimum absolute atomic E-state index is 0.321. The van der Waals surface area contributed by atoms with Gasteiger partial charge in [-0.1, -0.05) is 38.7 Å². The van der Waals surface area contributed by atoms with Crippen LogP contribution in [0.25, 0.3) is 0 Å². The zero-order valence-electron chi connectivity index (χ0n) is 12.6. The van der Waals surface area contributed by atoms with E-state index in [9.17, 15) is 0 Å². The van der Waals surface area contributed by atoms with Gasteiger partial charge in [0.15, 0.2) is 0 Å². The fourth-order valence-corrected chi connectivity index (χ4v) is 2.01. The quantitative estimate of drug-likeness (QED) is 0.636. The van der Waals surface area contributed by atoms with Crippen molar-refractivity contribution in [3.8, 4) is 0 Å². The summed E-state index contributed by atoms with van der Waals surface area (Å²) in [6, 6.07) is 6.03. The highest BCUT2D eigenvalue weighted by Crippen LogP contribution is 2.11. The van der Waals surface area contributed by atoms with Gasteiger partial charge in [-0.25, -0.2) is 4.98 Å². The van der Waals surface area contributed by atoms with Crippen molar-refractivity contribution in [1.82, 2.24) is 4.98 Å². The fourth-order valence-electron chi connectivity index (χ4n) is 2.01. The molecule has 1 heterocycles. The van der Waals surface area contributed by atoms with E-state index in [0.717, 1.165) is 24.5 Å². The van der Waals surface area contributed by atoms with Gasteiger partial charge in [-0.3, -0.25) is 0 Å². The Morgan fingerprint density at radius 3 is 2.79 bits per heavy atom. The molecule has 0 bridgehead atoms. The molecule has 0 aliphatic carbocycles. The van der Waals surface area contributed by atoms with Crippen LogP contribution in [0.4, 0.5) is 5.82 Å². The second-order valence-corrected chi connectivity index (χ2v) is 5.02. The lowest BCUT2D eigenvalue weighted by molar-refractivity contribution is 0.0440. The molecular weight excluding hydrogens is 236 g/mol. The number of nitrogens with one attached hydrogen (secondary N) is 1. The van der Waals surface area contributed by atoms with Gasteiger partial charge >= 0.3 is 0 Å². The van der Waals surface area contributed by atoms with Crippen molar-refractivity contribution in [2.24, 2.45) is 0 Å². The first kappa shape index (κ1) is 16.0. The van der Waals surface area contributed by atoms with E-state index in [4.69, 9.17) is 4.74 Å². The maximum Gasteiger partial charge on any atom is 0.126 e. The van der Waals surface area contributed by atoms with Gasteiger partial charge < -0.3 is 10.1 Å². The summed E-state index contributed by atoms with van der Waals surface area (Å²) in [5.41, 5.74) is 0.999. The van der Waals surface area contributed by atoms with Crippen molar-refractivity contribution >= 4 is 5.82 Å². The van der Waals surface area contributed by atoms with Crippen LogP contribution in [0.15, 0.2) is 18.2 Å². The smallest absolute Gasteiger partial charge is 0.126 e. The van der Waals surface area contributed by atoms with Crippen LogP contribution in [-0.2, 0) is 11.3 Å². The van der Waals surface area contributed by atoms with Crippen LogP contribution in [0.5, 0.6) is 0 Å². The van der Waals surface area contributed by atoms with Crippen LogP contribution in [0.1, 0.15) is 58.6 Å². The standard InChI is InChI=1S/C16H28N2O/c1-4-6-7-8-10-14(3)19-13-15-11-9-12-16(18-15)17-5-2/h9,11-12,14H,4-8,10,13H2,1-3H3,(H,17,18). The summed E-state index contributed by atoms with van der Waals surface area (Å²) in [6.45, 7) is 7.96. The summed E-state index contributed by atoms with van der Waals surface area (Å²) in [5, 5.41) is 3.22. The normalized spacial score (nSPS) is 12.4. The third-order valence-electron chi connectivity index (χ3n) is 3.14. The fraction of sp³-hybridized carbons (Fsp3) is 0.688. The Hall–Kier alpha value is -1.09. The van der Waals surface area contributed by atoms with E-state index in [0.29, 0.717) is 12.7 Å². The third kappa shape index (κ3) is 7.16. The molecule has 19 heavy (non-hydrogen) atoms. The first-order chi connectivity index (χ1) is 9.26. The molecule has 1 aromatic rings. The van der Waals surface area contributed by atoms with E-state index in [1.54, 1.807) is 0 Å². The number of rotatable bonds is 10. The molecule has 0 radical (unpaired) electrons. The Morgan fingerprint density at radius 2 is 2.05 bits per heavy atom. The molecule has 0 fully saturated rings. The van der Waals surface area contributed by atoms with Crippen LogP contribution in [0.2, 0.25) is 0 Å². The number of anilines is 1. The van der Waals surface area contributed by atoms with Gasteiger partial charge in [0.25, 0.3) is 0 Å². The maximum absolute atomic E-state index is 5.85. The Bertz CT molecular complexity index is 341. The lowest BCUT2D eigenvalue weighted by Gasteiger charge is -2.13. The number of pyridine rings is 1. The Morgan fingerprint density at radius 1 is 1.21 bits per heavy atom. The van der Waals surface area contributed by atoms with Gasteiger partial charge in [0, 0.05) is 6.54 Å². The molecule has 0 saturated heterocycles. The molecule has 0 amide bonds. The Labute approximate surface area is 117 Å². The molecule has 1 rings (SSSR count). The van der Waals surface area contributed by atoms with E-state index in [1.807, 2.05) is 18.2 Å². The third-order valence-corrected chi connectivity index (χ3v) is 3.14. The predicted octanol–water partition coefficient (Wildman–Crippen LogP) is 4.39. The molecule has 1 unspecified atom stereocenters. The van der Waals surface area contributed by atoms with Crippen LogP contribution in [0.3, 0.4) is 0 Å². The number of hydrogen-bond donors (Lipinski definition) is 1. The Balaban J connectivity index is 2.25. The summed E-state index contributed by atoms with van der Waals surface area (Å²) >= 11 is 0. The molecule has 3 nitrogen and oxygen atoms in total.